The number of nitrogens with two attached hydrogens (primary N) is 1. The number of hydrogen-bond acceptors (Lipinski definition) is 5. The molecule has 2 aromatic rings. The van der Waals surface area contributed by atoms with Gasteiger partial charge in [0.15, 0.2) is 11.5 Å². The summed E-state index contributed by atoms with van der Waals surface area (Å²) < 4.78 is 23.0. The van der Waals surface area contributed by atoms with Gasteiger partial charge in [-0.1, -0.05) is 11.6 Å². The number of rotatable bonds is 5. The van der Waals surface area contributed by atoms with Gasteiger partial charge in [0.25, 0.3) is 0 Å². The van der Waals surface area contributed by atoms with Crippen LogP contribution in [0.25, 0.3) is 0 Å². The van der Waals surface area contributed by atoms with Gasteiger partial charge in [-0.05, 0) is 18.2 Å². The first-order valence-corrected chi connectivity index (χ1v) is 7.75. The molecule has 7 heteroatoms. The third-order valence-corrected chi connectivity index (χ3v) is 4.47. The van der Waals surface area contributed by atoms with E-state index in [0.717, 1.165) is 0 Å². The van der Waals surface area contributed by atoms with Crippen molar-refractivity contribution >= 4 is 28.1 Å². The van der Waals surface area contributed by atoms with Crippen LogP contribution in [0.2, 0.25) is 5.02 Å². The lowest BCUT2D eigenvalue weighted by molar-refractivity contribution is 0.350. The monoisotopic (exact) mass is 326 g/mol. The fourth-order valence-electron chi connectivity index (χ4n) is 1.86. The smallest absolute Gasteiger partial charge is 0.183 e. The predicted molar refractivity (Wildman–Crippen MR) is 83.3 cm³/mol. The number of ether oxygens (including phenoxy) is 2. The number of pyridine rings is 1. The van der Waals surface area contributed by atoms with Crippen molar-refractivity contribution in [3.8, 4) is 11.5 Å². The maximum atomic E-state index is 12.5. The summed E-state index contributed by atoms with van der Waals surface area (Å²) in [6.45, 7) is 0. The summed E-state index contributed by atoms with van der Waals surface area (Å²) in [5.74, 6) is 1.16. The van der Waals surface area contributed by atoms with Crippen LogP contribution in [0.4, 0.5) is 5.69 Å². The zero-order valence-electron chi connectivity index (χ0n) is 11.6. The van der Waals surface area contributed by atoms with Gasteiger partial charge in [0.2, 0.25) is 0 Å². The van der Waals surface area contributed by atoms with Crippen LogP contribution in [0.3, 0.4) is 0 Å². The SMILES string of the molecule is COc1ccnc(CS(=O)c2cc(Cl)ccc2N)c1OC. The number of hydrogen-bond donors (Lipinski definition) is 1. The Hall–Kier alpha value is -1.79. The van der Waals surface area contributed by atoms with Crippen molar-refractivity contribution in [3.05, 3.63) is 41.2 Å². The zero-order chi connectivity index (χ0) is 15.4. The molecular weight excluding hydrogens is 312 g/mol. The maximum Gasteiger partial charge on any atom is 0.183 e. The highest BCUT2D eigenvalue weighted by Crippen LogP contribution is 2.31. The molecule has 5 nitrogen and oxygen atoms in total. The van der Waals surface area contributed by atoms with E-state index in [1.54, 1.807) is 30.5 Å². The minimum absolute atomic E-state index is 0.158. The molecule has 1 atom stereocenters. The maximum absolute atomic E-state index is 12.5. The van der Waals surface area contributed by atoms with Crippen LogP contribution in [-0.2, 0) is 16.6 Å². The quantitative estimate of drug-likeness (QED) is 0.855. The number of aromatic nitrogens is 1. The van der Waals surface area contributed by atoms with Crippen LogP contribution >= 0.6 is 11.6 Å². The molecule has 1 aromatic carbocycles. The molecular formula is C14H15ClN2O3S. The molecule has 21 heavy (non-hydrogen) atoms. The molecule has 1 unspecified atom stereocenters. The minimum Gasteiger partial charge on any atom is -0.493 e. The highest BCUT2D eigenvalue weighted by molar-refractivity contribution is 7.84. The molecule has 1 heterocycles. The molecule has 0 amide bonds. The molecule has 112 valence electrons. The topological polar surface area (TPSA) is 74.4 Å². The van der Waals surface area contributed by atoms with Gasteiger partial charge in [-0.25, -0.2) is 0 Å². The molecule has 0 aliphatic rings. The number of nitrogens with zero attached hydrogens (tertiary/aromatic N) is 1. The summed E-state index contributed by atoms with van der Waals surface area (Å²) in [5.41, 5.74) is 6.81. The first kappa shape index (κ1) is 15.6. The van der Waals surface area contributed by atoms with Gasteiger partial charge in [0, 0.05) is 23.0 Å². The van der Waals surface area contributed by atoms with Gasteiger partial charge in [-0.2, -0.15) is 0 Å². The van der Waals surface area contributed by atoms with Gasteiger partial charge in [-0.3, -0.25) is 9.19 Å². The average Bonchev–Trinajstić information content (AvgIpc) is 2.49. The first-order valence-electron chi connectivity index (χ1n) is 6.06. The molecule has 0 aliphatic carbocycles. The lowest BCUT2D eigenvalue weighted by Crippen LogP contribution is -2.05. The number of benzene rings is 1. The summed E-state index contributed by atoms with van der Waals surface area (Å²) in [7, 11) is 1.66. The van der Waals surface area contributed by atoms with Crippen LogP contribution < -0.4 is 15.2 Å². The van der Waals surface area contributed by atoms with Gasteiger partial charge in [-0.15, -0.1) is 0 Å². The molecule has 2 rings (SSSR count). The second kappa shape index (κ2) is 6.78. The fraction of sp³-hybridized carbons (Fsp3) is 0.214. The van der Waals surface area contributed by atoms with Gasteiger partial charge in [0.1, 0.15) is 0 Å². The Morgan fingerprint density at radius 1 is 1.29 bits per heavy atom. The zero-order valence-corrected chi connectivity index (χ0v) is 13.2. The Morgan fingerprint density at radius 3 is 2.71 bits per heavy atom. The number of anilines is 1. The number of halogens is 1. The van der Waals surface area contributed by atoms with E-state index in [9.17, 15) is 4.21 Å². The molecule has 0 fully saturated rings. The van der Waals surface area contributed by atoms with E-state index in [0.29, 0.717) is 32.8 Å². The van der Waals surface area contributed by atoms with Crippen molar-refractivity contribution < 1.29 is 13.7 Å². The summed E-state index contributed by atoms with van der Waals surface area (Å²) in [5, 5.41) is 0.484. The van der Waals surface area contributed by atoms with E-state index in [1.165, 1.54) is 14.2 Å². The normalized spacial score (nSPS) is 12.0. The van der Waals surface area contributed by atoms with Crippen LogP contribution in [0.1, 0.15) is 5.69 Å². The van der Waals surface area contributed by atoms with Crippen LogP contribution in [-0.4, -0.2) is 23.4 Å². The van der Waals surface area contributed by atoms with Crippen LogP contribution in [0.5, 0.6) is 11.5 Å². The molecule has 0 saturated carbocycles. The Kier molecular flexibility index (Phi) is 5.03. The average molecular weight is 327 g/mol. The van der Waals surface area contributed by atoms with Crippen molar-refractivity contribution in [3.63, 3.8) is 0 Å². The molecule has 0 radical (unpaired) electrons. The lowest BCUT2D eigenvalue weighted by Gasteiger charge is -2.12. The van der Waals surface area contributed by atoms with Crippen molar-refractivity contribution in [1.82, 2.24) is 4.98 Å². The number of nitrogen functional groups attached to an aromatic ring is 1. The van der Waals surface area contributed by atoms with Gasteiger partial charge < -0.3 is 15.2 Å². The highest BCUT2D eigenvalue weighted by atomic mass is 35.5. The van der Waals surface area contributed by atoms with E-state index in [4.69, 9.17) is 26.8 Å². The van der Waals surface area contributed by atoms with E-state index < -0.39 is 10.8 Å². The fourth-order valence-corrected chi connectivity index (χ4v) is 3.30. The van der Waals surface area contributed by atoms with E-state index >= 15 is 0 Å². The van der Waals surface area contributed by atoms with Crippen molar-refractivity contribution in [2.45, 2.75) is 10.6 Å². The Morgan fingerprint density at radius 2 is 2.05 bits per heavy atom. The van der Waals surface area contributed by atoms with Crippen molar-refractivity contribution in [1.29, 1.82) is 0 Å². The predicted octanol–water partition coefficient (Wildman–Crippen LogP) is 2.64. The molecule has 0 saturated heterocycles. The second-order valence-electron chi connectivity index (χ2n) is 4.17. The van der Waals surface area contributed by atoms with Gasteiger partial charge >= 0.3 is 0 Å². The third kappa shape index (κ3) is 3.46. The third-order valence-electron chi connectivity index (χ3n) is 2.85. The minimum atomic E-state index is -1.39. The molecule has 1 aromatic heterocycles. The van der Waals surface area contributed by atoms with Crippen LogP contribution in [0, 0.1) is 0 Å². The summed E-state index contributed by atoms with van der Waals surface area (Å²) >= 11 is 5.92. The molecule has 2 N–H and O–H groups in total. The Bertz CT molecular complexity index is 679. The highest BCUT2D eigenvalue weighted by Gasteiger charge is 2.16. The summed E-state index contributed by atoms with van der Waals surface area (Å²) in [6.07, 6.45) is 1.58. The first-order chi connectivity index (χ1) is 10.1. The Balaban J connectivity index is 2.34. The van der Waals surface area contributed by atoms with E-state index in [-0.39, 0.29) is 5.75 Å². The summed E-state index contributed by atoms with van der Waals surface area (Å²) in [4.78, 5) is 4.68. The number of methoxy groups -OCH3 is 2. The molecule has 0 spiro atoms. The van der Waals surface area contributed by atoms with E-state index in [1.807, 2.05) is 0 Å². The Labute approximate surface area is 130 Å². The standard InChI is InChI=1S/C14H15ClN2O3S/c1-19-12-5-6-17-11(14(12)20-2)8-21(18)13-7-9(15)3-4-10(13)16/h3-7H,8,16H2,1-2H3. The van der Waals surface area contributed by atoms with Gasteiger partial charge in [0.05, 0.1) is 41.4 Å². The molecule has 0 aliphatic heterocycles. The van der Waals surface area contributed by atoms with E-state index in [2.05, 4.69) is 4.98 Å². The summed E-state index contributed by atoms with van der Waals surface area (Å²) in [6, 6.07) is 6.56. The van der Waals surface area contributed by atoms with Crippen LogP contribution in [0.15, 0.2) is 35.4 Å². The van der Waals surface area contributed by atoms with Crippen molar-refractivity contribution in [2.75, 3.05) is 20.0 Å². The second-order valence-corrected chi connectivity index (χ2v) is 6.02. The van der Waals surface area contributed by atoms with Crippen molar-refractivity contribution in [2.24, 2.45) is 0 Å². The lowest BCUT2D eigenvalue weighted by atomic mass is 10.3. The molecule has 0 bridgehead atoms. The largest absolute Gasteiger partial charge is 0.493 e.